The number of carbonyl (C=O) groups excluding carboxylic acids is 2. The van der Waals surface area contributed by atoms with Crippen LogP contribution in [0.1, 0.15) is 38.7 Å². The molecule has 0 spiro atoms. The third-order valence-corrected chi connectivity index (χ3v) is 5.15. The topological polar surface area (TPSA) is 171 Å². The fourth-order valence-electron chi connectivity index (χ4n) is 3.52. The van der Waals surface area contributed by atoms with Gasteiger partial charge in [-0.2, -0.15) is 0 Å². The summed E-state index contributed by atoms with van der Waals surface area (Å²) >= 11 is 4.24. The van der Waals surface area contributed by atoms with Gasteiger partial charge in [0.15, 0.2) is 0 Å². The zero-order chi connectivity index (χ0) is 28.4. The van der Waals surface area contributed by atoms with Crippen molar-refractivity contribution in [2.75, 3.05) is 13.2 Å². The first-order valence-electron chi connectivity index (χ1n) is 11.3. The number of carboxylic acid groups (broad SMARTS) is 3. The lowest BCUT2D eigenvalue weighted by atomic mass is 10.0. The van der Waals surface area contributed by atoms with E-state index >= 15 is 0 Å². The molecule has 1 aliphatic rings. The van der Waals surface area contributed by atoms with E-state index in [0.717, 1.165) is 5.56 Å². The molecule has 0 radical (unpaired) electrons. The van der Waals surface area contributed by atoms with Gasteiger partial charge < -0.3 is 25.0 Å². The third kappa shape index (κ3) is 14.3. The number of aryl methyl sites for hydroxylation is 1. The standard InChI is InChI=1S/C20H28N2O5.C4H4O4.I2/c1-3-27-20(26)16(12-11-15-8-5-4-6-9-15)21-14(2)18(23)22-13-7-10-17(22)19(24)25;5-3(6)1-2-4(7)8;1-2/h4-6,8-9,14,16-17,21H,3,7,10-13H2,1-2H3,(H,24,25);1-2H,(H,5,6)(H,7,8);/b;2-1-;/t14?,16-,17?;;/m0../s1. The van der Waals surface area contributed by atoms with Crippen molar-refractivity contribution in [3.05, 3.63) is 48.0 Å². The largest absolute Gasteiger partial charge is 0.480 e. The average Bonchev–Trinajstić information content (AvgIpc) is 3.37. The van der Waals surface area contributed by atoms with Crippen LogP contribution in [0.15, 0.2) is 42.5 Å². The van der Waals surface area contributed by atoms with Crippen LogP contribution in [-0.2, 0) is 35.1 Å². The van der Waals surface area contributed by atoms with E-state index in [1.165, 1.54) is 4.90 Å². The van der Waals surface area contributed by atoms with Gasteiger partial charge in [0.05, 0.1) is 12.6 Å². The van der Waals surface area contributed by atoms with Crippen molar-refractivity contribution in [3.8, 4) is 0 Å². The Balaban J connectivity index is 0.00000111. The first-order valence-corrected chi connectivity index (χ1v) is 17.6. The molecule has 0 bridgehead atoms. The normalized spacial score (nSPS) is 15.9. The molecule has 1 amide bonds. The second-order valence-electron chi connectivity index (χ2n) is 7.75. The van der Waals surface area contributed by atoms with Crippen LogP contribution in [-0.4, -0.2) is 81.3 Å². The molecule has 37 heavy (non-hydrogen) atoms. The summed E-state index contributed by atoms with van der Waals surface area (Å²) in [5.41, 5.74) is 1.10. The van der Waals surface area contributed by atoms with E-state index in [2.05, 4.69) is 42.5 Å². The summed E-state index contributed by atoms with van der Waals surface area (Å²) in [5.74, 6) is -4.20. The van der Waals surface area contributed by atoms with Gasteiger partial charge in [-0.3, -0.25) is 14.9 Å². The van der Waals surface area contributed by atoms with Crippen LogP contribution < -0.4 is 5.32 Å². The number of likely N-dealkylation sites (tertiary alicyclic amines) is 1. The summed E-state index contributed by atoms with van der Waals surface area (Å²) in [6.45, 7) is 4.09. The zero-order valence-corrected chi connectivity index (χ0v) is 24.8. The van der Waals surface area contributed by atoms with Gasteiger partial charge in [-0.1, -0.05) is 30.3 Å². The maximum Gasteiger partial charge on any atom is 0.328 e. The highest BCUT2D eigenvalue weighted by atomic mass is 128. The van der Waals surface area contributed by atoms with Crippen molar-refractivity contribution in [1.29, 1.82) is 0 Å². The number of rotatable bonds is 11. The molecule has 1 saturated heterocycles. The van der Waals surface area contributed by atoms with Crippen LogP contribution in [0.4, 0.5) is 0 Å². The number of hydrogen-bond donors (Lipinski definition) is 4. The van der Waals surface area contributed by atoms with E-state index in [9.17, 15) is 29.1 Å². The van der Waals surface area contributed by atoms with Crippen molar-refractivity contribution in [1.82, 2.24) is 10.2 Å². The van der Waals surface area contributed by atoms with Gasteiger partial charge in [0.25, 0.3) is 0 Å². The number of benzene rings is 1. The summed E-state index contributed by atoms with van der Waals surface area (Å²) in [4.78, 5) is 56.8. The highest BCUT2D eigenvalue weighted by Crippen LogP contribution is 2.19. The second kappa shape index (κ2) is 19.8. The third-order valence-electron chi connectivity index (χ3n) is 5.15. The van der Waals surface area contributed by atoms with Crippen molar-refractivity contribution >= 4 is 67.0 Å². The second-order valence-corrected chi connectivity index (χ2v) is 7.75. The number of esters is 1. The number of hydrogen-bond acceptors (Lipinski definition) is 7. The van der Waals surface area contributed by atoms with Gasteiger partial charge in [0.1, 0.15) is 12.1 Å². The number of carbonyl (C=O) groups is 5. The maximum atomic E-state index is 12.7. The van der Waals surface area contributed by atoms with Gasteiger partial charge in [0.2, 0.25) is 5.91 Å². The predicted octanol–water partition coefficient (Wildman–Crippen LogP) is 3.09. The lowest BCUT2D eigenvalue weighted by Crippen LogP contribution is -2.53. The number of carboxylic acids is 3. The van der Waals surface area contributed by atoms with Crippen LogP contribution in [0.25, 0.3) is 0 Å². The minimum atomic E-state index is -1.26. The van der Waals surface area contributed by atoms with E-state index in [1.807, 2.05) is 30.3 Å². The predicted molar refractivity (Wildman–Crippen MR) is 153 cm³/mol. The van der Waals surface area contributed by atoms with Crippen molar-refractivity contribution in [2.24, 2.45) is 0 Å². The molecular formula is C24H32I2N2O9. The Morgan fingerprint density at radius 1 is 1.08 bits per heavy atom. The van der Waals surface area contributed by atoms with Gasteiger partial charge >= 0.3 is 23.9 Å². The Morgan fingerprint density at radius 3 is 2.14 bits per heavy atom. The van der Waals surface area contributed by atoms with Gasteiger partial charge in [-0.05, 0) is 45.1 Å². The number of aliphatic carboxylic acids is 3. The van der Waals surface area contributed by atoms with E-state index < -0.39 is 42.0 Å². The van der Waals surface area contributed by atoms with Crippen LogP contribution >= 0.6 is 37.2 Å². The molecule has 4 N–H and O–H groups in total. The number of nitrogens with zero attached hydrogens (tertiary/aromatic N) is 1. The van der Waals surface area contributed by atoms with Crippen molar-refractivity contribution in [2.45, 2.75) is 57.7 Å². The van der Waals surface area contributed by atoms with Crippen LogP contribution in [0.5, 0.6) is 0 Å². The van der Waals surface area contributed by atoms with Gasteiger partial charge in [0, 0.05) is 55.9 Å². The molecular weight excluding hydrogens is 714 g/mol. The average molecular weight is 746 g/mol. The van der Waals surface area contributed by atoms with Crippen LogP contribution in [0.3, 0.4) is 0 Å². The lowest BCUT2D eigenvalue weighted by molar-refractivity contribution is -0.150. The number of ether oxygens (including phenoxy) is 1. The van der Waals surface area contributed by atoms with Crippen molar-refractivity contribution < 1.29 is 44.0 Å². The van der Waals surface area contributed by atoms with E-state index in [1.54, 1.807) is 13.8 Å². The fourth-order valence-corrected chi connectivity index (χ4v) is 3.52. The fraction of sp³-hybridized carbons (Fsp3) is 0.458. The maximum absolute atomic E-state index is 12.7. The Morgan fingerprint density at radius 2 is 1.65 bits per heavy atom. The molecule has 0 aromatic heterocycles. The Kier molecular flexibility index (Phi) is 18.6. The summed E-state index contributed by atoms with van der Waals surface area (Å²) in [5, 5.41) is 27.9. The molecule has 1 fully saturated rings. The van der Waals surface area contributed by atoms with Crippen LogP contribution in [0, 0.1) is 0 Å². The number of nitrogens with one attached hydrogen (secondary N) is 1. The minimum Gasteiger partial charge on any atom is -0.480 e. The lowest BCUT2D eigenvalue weighted by Gasteiger charge is -2.27. The SMILES string of the molecule is CCOC(=O)[C@H](CCc1ccccc1)NC(C)C(=O)N1CCCC1C(=O)O.II.O=C(O)/C=C\C(=O)O. The molecule has 206 valence electrons. The first kappa shape index (κ1) is 34.7. The Bertz CT molecular complexity index is 897. The van der Waals surface area contributed by atoms with Crippen molar-refractivity contribution in [3.63, 3.8) is 0 Å². The summed E-state index contributed by atoms with van der Waals surface area (Å²) in [7, 11) is 0. The monoisotopic (exact) mass is 746 g/mol. The molecule has 1 aromatic carbocycles. The smallest absolute Gasteiger partial charge is 0.328 e. The Labute approximate surface area is 238 Å². The molecule has 13 heteroatoms. The molecule has 1 aliphatic heterocycles. The highest BCUT2D eigenvalue weighted by molar-refractivity contribution is 15.0. The molecule has 1 aromatic rings. The number of amides is 1. The van der Waals surface area contributed by atoms with E-state index in [0.29, 0.717) is 44.4 Å². The zero-order valence-electron chi connectivity index (χ0n) is 20.5. The minimum absolute atomic E-state index is 0.262. The summed E-state index contributed by atoms with van der Waals surface area (Å²) in [6.07, 6.45) is 3.40. The highest BCUT2D eigenvalue weighted by Gasteiger charge is 2.36. The van der Waals surface area contributed by atoms with Gasteiger partial charge in [-0.15, -0.1) is 0 Å². The molecule has 0 aliphatic carbocycles. The van der Waals surface area contributed by atoms with E-state index in [4.69, 9.17) is 14.9 Å². The molecule has 11 nitrogen and oxygen atoms in total. The Hall–Kier alpha value is -2.27. The van der Waals surface area contributed by atoms with E-state index in [-0.39, 0.29) is 12.5 Å². The molecule has 2 unspecified atom stereocenters. The molecule has 0 saturated carbocycles. The summed E-state index contributed by atoms with van der Waals surface area (Å²) in [6, 6.07) is 7.69. The molecule has 3 atom stereocenters. The first-order chi connectivity index (χ1) is 17.6. The van der Waals surface area contributed by atoms with Gasteiger partial charge in [-0.25, -0.2) is 14.4 Å². The van der Waals surface area contributed by atoms with Crippen LogP contribution in [0.2, 0.25) is 0 Å². The number of halogens is 2. The molecule has 1 heterocycles. The molecule has 2 rings (SSSR count). The summed E-state index contributed by atoms with van der Waals surface area (Å²) < 4.78 is 5.14. The quantitative estimate of drug-likeness (QED) is 0.150.